The van der Waals surface area contributed by atoms with Crippen molar-refractivity contribution >= 4 is 27.6 Å². The summed E-state index contributed by atoms with van der Waals surface area (Å²) in [6.45, 7) is 1.43. The molecule has 1 aromatic rings. The Morgan fingerprint density at radius 1 is 1.21 bits per heavy atom. The Labute approximate surface area is 141 Å². The number of amides is 1. The van der Waals surface area contributed by atoms with Crippen molar-refractivity contribution in [3.8, 4) is 0 Å². The number of benzene rings is 1. The van der Waals surface area contributed by atoms with Gasteiger partial charge < -0.3 is 15.0 Å². The lowest BCUT2D eigenvalue weighted by molar-refractivity contribution is -0.130. The minimum absolute atomic E-state index is 0.0729. The number of nitrogens with one attached hydrogen (secondary N) is 1. The van der Waals surface area contributed by atoms with E-state index in [2.05, 4.69) is 10.1 Å². The maximum Gasteiger partial charge on any atom is 0.337 e. The highest BCUT2D eigenvalue weighted by molar-refractivity contribution is 7.88. The molecule has 1 fully saturated rings. The molecule has 0 atom stereocenters. The first-order chi connectivity index (χ1) is 11.3. The van der Waals surface area contributed by atoms with Crippen LogP contribution in [0.2, 0.25) is 0 Å². The molecule has 24 heavy (non-hydrogen) atoms. The molecule has 9 heteroatoms. The van der Waals surface area contributed by atoms with Gasteiger partial charge in [0, 0.05) is 31.9 Å². The lowest BCUT2D eigenvalue weighted by atomic mass is 10.2. The number of rotatable bonds is 5. The van der Waals surface area contributed by atoms with Gasteiger partial charge >= 0.3 is 5.97 Å². The zero-order chi connectivity index (χ0) is 17.7. The van der Waals surface area contributed by atoms with Gasteiger partial charge in [0.2, 0.25) is 15.9 Å². The lowest BCUT2D eigenvalue weighted by Gasteiger charge is -2.33. The molecular weight excluding hydrogens is 334 g/mol. The zero-order valence-electron chi connectivity index (χ0n) is 13.7. The molecule has 0 bridgehead atoms. The summed E-state index contributed by atoms with van der Waals surface area (Å²) in [5.74, 6) is -0.562. The van der Waals surface area contributed by atoms with Crippen LogP contribution in [0.3, 0.4) is 0 Å². The molecule has 0 saturated carbocycles. The first-order valence-electron chi connectivity index (χ1n) is 7.46. The Kier molecular flexibility index (Phi) is 5.79. The summed E-state index contributed by atoms with van der Waals surface area (Å²) < 4.78 is 28.9. The molecular formula is C15H21N3O5S. The van der Waals surface area contributed by atoms with Gasteiger partial charge in [0.1, 0.15) is 0 Å². The van der Waals surface area contributed by atoms with Crippen molar-refractivity contribution in [3.05, 3.63) is 29.8 Å². The van der Waals surface area contributed by atoms with Gasteiger partial charge in [-0.15, -0.1) is 0 Å². The Morgan fingerprint density at radius 3 is 2.46 bits per heavy atom. The summed E-state index contributed by atoms with van der Waals surface area (Å²) in [6.07, 6.45) is 1.17. The summed E-state index contributed by atoms with van der Waals surface area (Å²) in [5, 5.41) is 2.97. The standard InChI is InChI=1S/C15H21N3O5S/c1-23-15(20)12-4-3-5-13(10-12)16-11-14(19)17-6-8-18(9-7-17)24(2,21)22/h3-5,10,16H,6-9,11H2,1-2H3. The summed E-state index contributed by atoms with van der Waals surface area (Å²) in [4.78, 5) is 25.3. The van der Waals surface area contributed by atoms with Gasteiger partial charge in [-0.25, -0.2) is 13.2 Å². The molecule has 0 unspecified atom stereocenters. The van der Waals surface area contributed by atoms with E-state index in [-0.39, 0.29) is 12.5 Å². The smallest absolute Gasteiger partial charge is 0.337 e. The highest BCUT2D eigenvalue weighted by Gasteiger charge is 2.25. The van der Waals surface area contributed by atoms with E-state index in [1.807, 2.05) is 0 Å². The van der Waals surface area contributed by atoms with Crippen LogP contribution < -0.4 is 5.32 Å². The van der Waals surface area contributed by atoms with Crippen molar-refractivity contribution in [2.24, 2.45) is 0 Å². The van der Waals surface area contributed by atoms with E-state index in [0.717, 1.165) is 0 Å². The second-order valence-corrected chi connectivity index (χ2v) is 7.45. The van der Waals surface area contributed by atoms with Crippen molar-refractivity contribution < 1.29 is 22.7 Å². The predicted molar refractivity (Wildman–Crippen MR) is 89.3 cm³/mol. The van der Waals surface area contributed by atoms with Crippen LogP contribution in [0.5, 0.6) is 0 Å². The largest absolute Gasteiger partial charge is 0.465 e. The fraction of sp³-hybridized carbons (Fsp3) is 0.467. The van der Waals surface area contributed by atoms with Gasteiger partial charge in [0.05, 0.1) is 25.5 Å². The number of nitrogens with zero attached hydrogens (tertiary/aromatic N) is 2. The van der Waals surface area contributed by atoms with Crippen molar-refractivity contribution in [1.82, 2.24) is 9.21 Å². The van der Waals surface area contributed by atoms with E-state index in [0.29, 0.717) is 37.4 Å². The van der Waals surface area contributed by atoms with Gasteiger partial charge in [-0.2, -0.15) is 4.31 Å². The second kappa shape index (κ2) is 7.63. The van der Waals surface area contributed by atoms with Crippen LogP contribution in [-0.4, -0.2) is 75.6 Å². The van der Waals surface area contributed by atoms with E-state index in [9.17, 15) is 18.0 Å². The van der Waals surface area contributed by atoms with E-state index in [1.165, 1.54) is 17.7 Å². The number of carbonyl (C=O) groups excluding carboxylic acids is 2. The van der Waals surface area contributed by atoms with E-state index in [4.69, 9.17) is 0 Å². The van der Waals surface area contributed by atoms with Crippen molar-refractivity contribution in [3.63, 3.8) is 0 Å². The minimum atomic E-state index is -3.21. The van der Waals surface area contributed by atoms with Crippen LogP contribution in [0.1, 0.15) is 10.4 Å². The third kappa shape index (κ3) is 4.68. The molecule has 0 aromatic heterocycles. The van der Waals surface area contributed by atoms with E-state index >= 15 is 0 Å². The number of methoxy groups -OCH3 is 1. The van der Waals surface area contributed by atoms with E-state index in [1.54, 1.807) is 29.2 Å². The number of ether oxygens (including phenoxy) is 1. The normalized spacial score (nSPS) is 15.8. The molecule has 1 aliphatic rings. The highest BCUT2D eigenvalue weighted by Crippen LogP contribution is 2.12. The number of carbonyl (C=O) groups is 2. The van der Waals surface area contributed by atoms with Crippen molar-refractivity contribution in [2.45, 2.75) is 0 Å². The molecule has 1 N–H and O–H groups in total. The highest BCUT2D eigenvalue weighted by atomic mass is 32.2. The first-order valence-corrected chi connectivity index (χ1v) is 9.31. The topological polar surface area (TPSA) is 96.0 Å². The van der Waals surface area contributed by atoms with Crippen LogP contribution in [0.4, 0.5) is 5.69 Å². The van der Waals surface area contributed by atoms with Gasteiger partial charge in [0.25, 0.3) is 0 Å². The molecule has 1 aromatic carbocycles. The Bertz CT molecular complexity index is 712. The number of piperazine rings is 1. The Morgan fingerprint density at radius 2 is 1.88 bits per heavy atom. The monoisotopic (exact) mass is 355 g/mol. The van der Waals surface area contributed by atoms with Crippen molar-refractivity contribution in [1.29, 1.82) is 0 Å². The van der Waals surface area contributed by atoms with Crippen LogP contribution in [0, 0.1) is 0 Å². The number of anilines is 1. The molecule has 1 amide bonds. The number of hydrogen-bond donors (Lipinski definition) is 1. The molecule has 0 radical (unpaired) electrons. The summed E-state index contributed by atoms with van der Waals surface area (Å²) in [5.41, 5.74) is 1.04. The summed E-state index contributed by atoms with van der Waals surface area (Å²) >= 11 is 0. The predicted octanol–water partition coefficient (Wildman–Crippen LogP) is -0.0111. The van der Waals surface area contributed by atoms with Gasteiger partial charge in [-0.3, -0.25) is 4.79 Å². The molecule has 0 spiro atoms. The third-order valence-electron chi connectivity index (χ3n) is 3.79. The quantitative estimate of drug-likeness (QED) is 0.747. The van der Waals surface area contributed by atoms with Gasteiger partial charge in [-0.1, -0.05) is 6.07 Å². The SMILES string of the molecule is COC(=O)c1cccc(NCC(=O)N2CCN(S(C)(=O)=O)CC2)c1. The minimum Gasteiger partial charge on any atom is -0.465 e. The molecule has 132 valence electrons. The molecule has 0 aliphatic carbocycles. The average Bonchev–Trinajstić information content (AvgIpc) is 2.58. The maximum absolute atomic E-state index is 12.2. The first kappa shape index (κ1) is 18.2. The zero-order valence-corrected chi connectivity index (χ0v) is 14.5. The number of sulfonamides is 1. The average molecular weight is 355 g/mol. The van der Waals surface area contributed by atoms with Crippen molar-refractivity contribution in [2.75, 3.05) is 51.4 Å². The van der Waals surface area contributed by atoms with Gasteiger partial charge in [0.15, 0.2) is 0 Å². The van der Waals surface area contributed by atoms with Crippen LogP contribution >= 0.6 is 0 Å². The van der Waals surface area contributed by atoms with Crippen LogP contribution in [0.25, 0.3) is 0 Å². The fourth-order valence-corrected chi connectivity index (χ4v) is 3.26. The van der Waals surface area contributed by atoms with Crippen LogP contribution in [0.15, 0.2) is 24.3 Å². The van der Waals surface area contributed by atoms with Crippen LogP contribution in [-0.2, 0) is 19.6 Å². The fourth-order valence-electron chi connectivity index (χ4n) is 2.43. The Hall–Kier alpha value is -2.13. The van der Waals surface area contributed by atoms with E-state index < -0.39 is 16.0 Å². The lowest BCUT2D eigenvalue weighted by Crippen LogP contribution is -2.51. The number of hydrogen-bond acceptors (Lipinski definition) is 6. The summed E-state index contributed by atoms with van der Waals surface area (Å²) in [7, 11) is -1.90. The molecule has 2 rings (SSSR count). The summed E-state index contributed by atoms with van der Waals surface area (Å²) in [6, 6.07) is 6.69. The molecule has 8 nitrogen and oxygen atoms in total. The molecule has 1 heterocycles. The second-order valence-electron chi connectivity index (χ2n) is 5.47. The van der Waals surface area contributed by atoms with Gasteiger partial charge in [-0.05, 0) is 18.2 Å². The third-order valence-corrected chi connectivity index (χ3v) is 5.09. The molecule has 1 aliphatic heterocycles. The molecule has 1 saturated heterocycles. The number of esters is 1. The Balaban J connectivity index is 1.87. The maximum atomic E-state index is 12.2.